The Morgan fingerprint density at radius 2 is 2.11 bits per heavy atom. The maximum Gasteiger partial charge on any atom is 0.261 e. The predicted molar refractivity (Wildman–Crippen MR) is 63.5 cm³/mol. The highest BCUT2D eigenvalue weighted by molar-refractivity contribution is 5.67. The number of para-hydroxylation sites is 1. The molecule has 1 aromatic carbocycles. The number of nitrogens with two attached hydrogens (primary N) is 1. The third-order valence-electron chi connectivity index (χ3n) is 2.63. The van der Waals surface area contributed by atoms with E-state index in [1.807, 2.05) is 18.2 Å². The zero-order valence-corrected chi connectivity index (χ0v) is 9.76. The molecule has 18 heavy (non-hydrogen) atoms. The number of benzene rings is 1. The standard InChI is InChI=1S/C12H13N3O3/c13-5-4-10-14-12(18-15-10)8-2-1-3-9-11(8)17-7-6-16-9/h1-3H,4-7,13H2. The molecular formula is C12H13N3O3. The van der Waals surface area contributed by atoms with E-state index in [4.69, 9.17) is 19.7 Å². The number of fused-ring (bicyclic) bond motifs is 1. The fraction of sp³-hybridized carbons (Fsp3) is 0.333. The van der Waals surface area contributed by atoms with Crippen LogP contribution in [0, 0.1) is 0 Å². The van der Waals surface area contributed by atoms with Crippen molar-refractivity contribution in [1.82, 2.24) is 10.1 Å². The fourth-order valence-electron chi connectivity index (χ4n) is 1.84. The van der Waals surface area contributed by atoms with Gasteiger partial charge in [0.15, 0.2) is 17.3 Å². The van der Waals surface area contributed by atoms with Crippen LogP contribution in [0.3, 0.4) is 0 Å². The van der Waals surface area contributed by atoms with Crippen molar-refractivity contribution in [3.05, 3.63) is 24.0 Å². The van der Waals surface area contributed by atoms with Gasteiger partial charge in [0.05, 0.1) is 5.56 Å². The quantitative estimate of drug-likeness (QED) is 0.871. The highest BCUT2D eigenvalue weighted by atomic mass is 16.6. The molecule has 0 bridgehead atoms. The van der Waals surface area contributed by atoms with Crippen molar-refractivity contribution < 1.29 is 14.0 Å². The lowest BCUT2D eigenvalue weighted by Gasteiger charge is -2.19. The summed E-state index contributed by atoms with van der Waals surface area (Å²) >= 11 is 0. The Balaban J connectivity index is 2.00. The van der Waals surface area contributed by atoms with Gasteiger partial charge in [0, 0.05) is 6.42 Å². The maximum absolute atomic E-state index is 5.60. The molecule has 0 spiro atoms. The molecule has 1 aliphatic heterocycles. The van der Waals surface area contributed by atoms with Crippen molar-refractivity contribution in [1.29, 1.82) is 0 Å². The van der Waals surface area contributed by atoms with Crippen molar-refractivity contribution in [2.45, 2.75) is 6.42 Å². The van der Waals surface area contributed by atoms with E-state index in [-0.39, 0.29) is 0 Å². The number of hydrogen-bond donors (Lipinski definition) is 1. The summed E-state index contributed by atoms with van der Waals surface area (Å²) in [6.07, 6.45) is 0.593. The molecule has 6 nitrogen and oxygen atoms in total. The van der Waals surface area contributed by atoms with Crippen LogP contribution in [0.1, 0.15) is 5.82 Å². The first-order chi connectivity index (χ1) is 8.88. The first-order valence-electron chi connectivity index (χ1n) is 5.80. The van der Waals surface area contributed by atoms with E-state index in [0.29, 0.717) is 49.4 Å². The molecule has 0 amide bonds. The summed E-state index contributed by atoms with van der Waals surface area (Å²) in [5, 5.41) is 3.87. The lowest BCUT2D eigenvalue weighted by molar-refractivity contribution is 0.172. The molecule has 0 atom stereocenters. The molecule has 0 saturated carbocycles. The first-order valence-corrected chi connectivity index (χ1v) is 5.80. The largest absolute Gasteiger partial charge is 0.486 e. The Kier molecular flexibility index (Phi) is 2.85. The first kappa shape index (κ1) is 11.0. The second-order valence-corrected chi connectivity index (χ2v) is 3.88. The third kappa shape index (κ3) is 1.91. The van der Waals surface area contributed by atoms with Crippen LogP contribution in [0.15, 0.2) is 22.7 Å². The average Bonchev–Trinajstić information content (AvgIpc) is 2.87. The van der Waals surface area contributed by atoms with Gasteiger partial charge in [-0.15, -0.1) is 0 Å². The van der Waals surface area contributed by atoms with Gasteiger partial charge in [-0.3, -0.25) is 0 Å². The normalized spacial score (nSPS) is 13.6. The van der Waals surface area contributed by atoms with Gasteiger partial charge >= 0.3 is 0 Å². The number of aromatic nitrogens is 2. The summed E-state index contributed by atoms with van der Waals surface area (Å²) in [4.78, 5) is 4.29. The number of hydrogen-bond acceptors (Lipinski definition) is 6. The van der Waals surface area contributed by atoms with Crippen LogP contribution in [0.2, 0.25) is 0 Å². The molecule has 3 rings (SSSR count). The van der Waals surface area contributed by atoms with Crippen LogP contribution in [-0.2, 0) is 6.42 Å². The zero-order valence-electron chi connectivity index (χ0n) is 9.76. The van der Waals surface area contributed by atoms with E-state index in [9.17, 15) is 0 Å². The van der Waals surface area contributed by atoms with E-state index >= 15 is 0 Å². The molecule has 1 aliphatic rings. The summed E-state index contributed by atoms with van der Waals surface area (Å²) in [5.74, 6) is 2.40. The summed E-state index contributed by atoms with van der Waals surface area (Å²) in [6.45, 7) is 1.57. The Morgan fingerprint density at radius 1 is 1.22 bits per heavy atom. The van der Waals surface area contributed by atoms with Crippen molar-refractivity contribution in [3.63, 3.8) is 0 Å². The summed E-state index contributed by atoms with van der Waals surface area (Å²) in [6, 6.07) is 5.60. The summed E-state index contributed by atoms with van der Waals surface area (Å²) in [7, 11) is 0. The van der Waals surface area contributed by atoms with E-state index in [1.54, 1.807) is 0 Å². The van der Waals surface area contributed by atoms with Gasteiger partial charge in [-0.05, 0) is 18.7 Å². The van der Waals surface area contributed by atoms with Crippen molar-refractivity contribution in [2.24, 2.45) is 5.73 Å². The van der Waals surface area contributed by atoms with Crippen LogP contribution in [0.25, 0.3) is 11.5 Å². The smallest absolute Gasteiger partial charge is 0.261 e. The minimum absolute atomic E-state index is 0.431. The molecule has 2 heterocycles. The fourth-order valence-corrected chi connectivity index (χ4v) is 1.84. The van der Waals surface area contributed by atoms with E-state index in [2.05, 4.69) is 10.1 Å². The van der Waals surface area contributed by atoms with Crippen LogP contribution in [0.5, 0.6) is 11.5 Å². The maximum atomic E-state index is 5.60. The third-order valence-corrected chi connectivity index (χ3v) is 2.63. The minimum atomic E-state index is 0.431. The summed E-state index contributed by atoms with van der Waals surface area (Å²) < 4.78 is 16.3. The van der Waals surface area contributed by atoms with E-state index in [0.717, 1.165) is 5.56 Å². The number of rotatable bonds is 3. The van der Waals surface area contributed by atoms with Gasteiger partial charge in [-0.25, -0.2) is 0 Å². The van der Waals surface area contributed by atoms with Gasteiger partial charge in [0.25, 0.3) is 5.89 Å². The topological polar surface area (TPSA) is 83.4 Å². The average molecular weight is 247 g/mol. The van der Waals surface area contributed by atoms with E-state index < -0.39 is 0 Å². The molecule has 1 aromatic heterocycles. The number of nitrogens with zero attached hydrogens (tertiary/aromatic N) is 2. The monoisotopic (exact) mass is 247 g/mol. The van der Waals surface area contributed by atoms with Crippen LogP contribution in [-0.4, -0.2) is 29.9 Å². The van der Waals surface area contributed by atoms with Crippen molar-refractivity contribution >= 4 is 0 Å². The molecule has 0 radical (unpaired) electrons. The number of ether oxygens (including phenoxy) is 2. The van der Waals surface area contributed by atoms with Gasteiger partial charge in [-0.1, -0.05) is 11.2 Å². The molecule has 0 saturated heterocycles. The molecule has 0 fully saturated rings. The van der Waals surface area contributed by atoms with Gasteiger partial charge < -0.3 is 19.7 Å². The highest BCUT2D eigenvalue weighted by Gasteiger charge is 2.20. The van der Waals surface area contributed by atoms with Gasteiger partial charge in [0.2, 0.25) is 0 Å². The van der Waals surface area contributed by atoms with Crippen molar-refractivity contribution in [2.75, 3.05) is 19.8 Å². The second-order valence-electron chi connectivity index (χ2n) is 3.88. The lowest BCUT2D eigenvalue weighted by atomic mass is 10.1. The molecule has 0 unspecified atom stereocenters. The Bertz CT molecular complexity index is 553. The molecule has 0 aliphatic carbocycles. The lowest BCUT2D eigenvalue weighted by Crippen LogP contribution is -2.15. The Hall–Kier alpha value is -2.08. The Labute approximate surface area is 104 Å². The second kappa shape index (κ2) is 4.66. The van der Waals surface area contributed by atoms with Crippen LogP contribution in [0.4, 0.5) is 0 Å². The van der Waals surface area contributed by atoms with Gasteiger partial charge in [-0.2, -0.15) is 4.98 Å². The van der Waals surface area contributed by atoms with Crippen molar-refractivity contribution in [3.8, 4) is 23.0 Å². The Morgan fingerprint density at radius 3 is 3.00 bits per heavy atom. The SMILES string of the molecule is NCCc1noc(-c2cccc3c2OCCO3)n1. The molecule has 94 valence electrons. The summed E-state index contributed by atoms with van der Waals surface area (Å²) in [5.41, 5.74) is 6.21. The molecule has 6 heteroatoms. The predicted octanol–water partition coefficient (Wildman–Crippen LogP) is 1.01. The van der Waals surface area contributed by atoms with Crippen LogP contribution >= 0.6 is 0 Å². The zero-order chi connectivity index (χ0) is 12.4. The van der Waals surface area contributed by atoms with Gasteiger partial charge in [0.1, 0.15) is 13.2 Å². The highest BCUT2D eigenvalue weighted by Crippen LogP contribution is 2.38. The molecule has 2 aromatic rings. The van der Waals surface area contributed by atoms with E-state index in [1.165, 1.54) is 0 Å². The minimum Gasteiger partial charge on any atom is -0.486 e. The molecular weight excluding hydrogens is 234 g/mol. The van der Waals surface area contributed by atoms with Crippen LogP contribution < -0.4 is 15.2 Å². The molecule has 2 N–H and O–H groups in total.